The Morgan fingerprint density at radius 2 is 1.50 bits per heavy atom. The van der Waals surface area contributed by atoms with E-state index in [0.717, 1.165) is 24.0 Å². The van der Waals surface area contributed by atoms with E-state index in [0.29, 0.717) is 44.1 Å². The second-order valence-corrected chi connectivity index (χ2v) is 7.60. The van der Waals surface area contributed by atoms with Gasteiger partial charge >= 0.3 is 0 Å². The highest BCUT2D eigenvalue weighted by molar-refractivity contribution is 7.86. The van der Waals surface area contributed by atoms with Crippen molar-refractivity contribution in [3.05, 3.63) is 23.3 Å². The monoisotopic (exact) mass is 326 g/mol. The highest BCUT2D eigenvalue weighted by Crippen LogP contribution is 2.34. The zero-order valence-corrected chi connectivity index (χ0v) is 13.9. The summed E-state index contributed by atoms with van der Waals surface area (Å²) in [6, 6.07) is 3.84. The Balaban J connectivity index is 1.87. The minimum absolute atomic E-state index is 0.397. The molecule has 0 spiro atoms. The molecule has 6 nitrogen and oxygen atoms in total. The lowest BCUT2D eigenvalue weighted by Gasteiger charge is -2.31. The van der Waals surface area contributed by atoms with E-state index in [4.69, 9.17) is 9.47 Å². The largest absolute Gasteiger partial charge is 0.493 e. The zero-order valence-electron chi connectivity index (χ0n) is 13.0. The third kappa shape index (κ3) is 2.68. The van der Waals surface area contributed by atoms with Crippen LogP contribution in [0.3, 0.4) is 0 Å². The molecule has 0 radical (unpaired) electrons. The second kappa shape index (κ2) is 6.06. The maximum atomic E-state index is 12.7. The summed E-state index contributed by atoms with van der Waals surface area (Å²) in [5.74, 6) is 1.33. The lowest BCUT2D eigenvalue weighted by molar-refractivity contribution is 0.336. The van der Waals surface area contributed by atoms with E-state index in [-0.39, 0.29) is 0 Å². The summed E-state index contributed by atoms with van der Waals surface area (Å²) in [6.45, 7) is 2.19. The van der Waals surface area contributed by atoms with Crippen LogP contribution in [0, 0.1) is 0 Å². The number of ether oxygens (including phenoxy) is 2. The molecule has 1 saturated heterocycles. The SMILES string of the molecule is COc1cc2c(cc1OC)CN(S(=O)(=O)N1CCCC1)CC2. The first-order valence-electron chi connectivity index (χ1n) is 7.55. The fraction of sp³-hybridized carbons (Fsp3) is 0.600. The molecular weight excluding hydrogens is 304 g/mol. The van der Waals surface area contributed by atoms with Crippen molar-refractivity contribution in [2.75, 3.05) is 33.9 Å². The summed E-state index contributed by atoms with van der Waals surface area (Å²) in [4.78, 5) is 0. The lowest BCUT2D eigenvalue weighted by Crippen LogP contribution is -2.44. The molecule has 0 N–H and O–H groups in total. The topological polar surface area (TPSA) is 59.1 Å². The average molecular weight is 326 g/mol. The third-order valence-electron chi connectivity index (χ3n) is 4.40. The zero-order chi connectivity index (χ0) is 15.7. The fourth-order valence-corrected chi connectivity index (χ4v) is 4.81. The molecule has 0 aromatic heterocycles. The predicted molar refractivity (Wildman–Crippen MR) is 83.4 cm³/mol. The van der Waals surface area contributed by atoms with Crippen molar-refractivity contribution in [3.8, 4) is 11.5 Å². The van der Waals surface area contributed by atoms with E-state index in [2.05, 4.69) is 0 Å². The van der Waals surface area contributed by atoms with Crippen molar-refractivity contribution < 1.29 is 17.9 Å². The summed E-state index contributed by atoms with van der Waals surface area (Å²) in [7, 11) is -0.148. The van der Waals surface area contributed by atoms with Crippen LogP contribution in [0.5, 0.6) is 11.5 Å². The first-order chi connectivity index (χ1) is 10.6. The van der Waals surface area contributed by atoms with Gasteiger partial charge in [0.05, 0.1) is 14.2 Å². The molecule has 3 rings (SSSR count). The van der Waals surface area contributed by atoms with Crippen LogP contribution in [0.1, 0.15) is 24.0 Å². The van der Waals surface area contributed by atoms with Crippen molar-refractivity contribution in [2.45, 2.75) is 25.8 Å². The lowest BCUT2D eigenvalue weighted by atomic mass is 10.0. The average Bonchev–Trinajstić information content (AvgIpc) is 3.08. The summed E-state index contributed by atoms with van der Waals surface area (Å²) >= 11 is 0. The van der Waals surface area contributed by atoms with Crippen LogP contribution >= 0.6 is 0 Å². The van der Waals surface area contributed by atoms with Crippen LogP contribution in [0.2, 0.25) is 0 Å². The molecule has 1 aromatic rings. The molecule has 2 heterocycles. The predicted octanol–water partition coefficient (Wildman–Crippen LogP) is 1.40. The Hall–Kier alpha value is -1.31. The summed E-state index contributed by atoms with van der Waals surface area (Å²) in [5.41, 5.74) is 2.12. The molecule has 0 saturated carbocycles. The molecule has 1 aromatic carbocycles. The molecule has 7 heteroatoms. The van der Waals surface area contributed by atoms with Gasteiger partial charge in [0.15, 0.2) is 11.5 Å². The number of benzene rings is 1. The Kier molecular flexibility index (Phi) is 4.29. The quantitative estimate of drug-likeness (QED) is 0.839. The standard InChI is InChI=1S/C15H22N2O4S/c1-20-14-9-12-5-8-17(11-13(12)10-15(14)21-2)22(18,19)16-6-3-4-7-16/h9-10H,3-8,11H2,1-2H3. The smallest absolute Gasteiger partial charge is 0.282 e. The second-order valence-electron chi connectivity index (χ2n) is 5.67. The van der Waals surface area contributed by atoms with Crippen molar-refractivity contribution >= 4 is 10.2 Å². The van der Waals surface area contributed by atoms with E-state index in [1.165, 1.54) is 0 Å². The van der Waals surface area contributed by atoms with Crippen molar-refractivity contribution in [2.24, 2.45) is 0 Å². The van der Waals surface area contributed by atoms with Gasteiger partial charge in [0, 0.05) is 26.2 Å². The van der Waals surface area contributed by atoms with Crippen LogP contribution in [0.25, 0.3) is 0 Å². The van der Waals surface area contributed by atoms with Crippen LogP contribution in [-0.2, 0) is 23.2 Å². The van der Waals surface area contributed by atoms with Crippen molar-refractivity contribution in [3.63, 3.8) is 0 Å². The molecule has 0 bridgehead atoms. The number of fused-ring (bicyclic) bond motifs is 1. The molecule has 122 valence electrons. The highest BCUT2D eigenvalue weighted by Gasteiger charge is 2.34. The summed E-state index contributed by atoms with van der Waals surface area (Å²) < 4.78 is 39.1. The first kappa shape index (κ1) is 15.6. The molecule has 0 aliphatic carbocycles. The van der Waals surface area contributed by atoms with Gasteiger partial charge in [0.1, 0.15) is 0 Å². The van der Waals surface area contributed by atoms with Gasteiger partial charge in [0.25, 0.3) is 10.2 Å². The highest BCUT2D eigenvalue weighted by atomic mass is 32.2. The van der Waals surface area contributed by atoms with Crippen LogP contribution in [0.15, 0.2) is 12.1 Å². The van der Waals surface area contributed by atoms with E-state index < -0.39 is 10.2 Å². The molecule has 0 atom stereocenters. The Morgan fingerprint density at radius 1 is 0.909 bits per heavy atom. The van der Waals surface area contributed by atoms with Crippen LogP contribution < -0.4 is 9.47 Å². The number of rotatable bonds is 4. The molecular formula is C15H22N2O4S. The number of nitrogens with zero attached hydrogens (tertiary/aromatic N) is 2. The Bertz CT molecular complexity index is 654. The van der Waals surface area contributed by atoms with Gasteiger partial charge in [-0.1, -0.05) is 0 Å². The van der Waals surface area contributed by atoms with E-state index in [9.17, 15) is 8.42 Å². The number of hydrogen-bond donors (Lipinski definition) is 0. The minimum atomic E-state index is -3.35. The maximum Gasteiger partial charge on any atom is 0.282 e. The van der Waals surface area contributed by atoms with E-state index in [1.54, 1.807) is 22.8 Å². The Labute approximate surface area is 131 Å². The Morgan fingerprint density at radius 3 is 2.09 bits per heavy atom. The van der Waals surface area contributed by atoms with Gasteiger partial charge in [-0.2, -0.15) is 17.0 Å². The van der Waals surface area contributed by atoms with Gasteiger partial charge in [-0.3, -0.25) is 0 Å². The van der Waals surface area contributed by atoms with Gasteiger partial charge in [0.2, 0.25) is 0 Å². The van der Waals surface area contributed by atoms with Gasteiger partial charge in [-0.25, -0.2) is 0 Å². The fourth-order valence-electron chi connectivity index (χ4n) is 3.14. The molecule has 0 unspecified atom stereocenters. The molecule has 22 heavy (non-hydrogen) atoms. The molecule has 2 aliphatic rings. The van der Waals surface area contributed by atoms with E-state index >= 15 is 0 Å². The maximum absolute atomic E-state index is 12.7. The van der Waals surface area contributed by atoms with Gasteiger partial charge in [-0.05, 0) is 42.5 Å². The van der Waals surface area contributed by atoms with E-state index in [1.807, 2.05) is 12.1 Å². The van der Waals surface area contributed by atoms with Crippen LogP contribution in [0.4, 0.5) is 0 Å². The first-order valence-corrected chi connectivity index (χ1v) is 8.95. The molecule has 1 fully saturated rings. The minimum Gasteiger partial charge on any atom is -0.493 e. The van der Waals surface area contributed by atoms with Gasteiger partial charge in [-0.15, -0.1) is 0 Å². The van der Waals surface area contributed by atoms with Gasteiger partial charge < -0.3 is 9.47 Å². The van der Waals surface area contributed by atoms with Crippen LogP contribution in [-0.4, -0.2) is 50.9 Å². The molecule has 2 aliphatic heterocycles. The van der Waals surface area contributed by atoms with Crippen molar-refractivity contribution in [1.29, 1.82) is 0 Å². The van der Waals surface area contributed by atoms with Crippen molar-refractivity contribution in [1.82, 2.24) is 8.61 Å². The normalized spacial score (nSPS) is 19.9. The third-order valence-corrected chi connectivity index (χ3v) is 6.38. The molecule has 0 amide bonds. The number of methoxy groups -OCH3 is 2. The number of hydrogen-bond acceptors (Lipinski definition) is 4. The summed E-state index contributed by atoms with van der Waals surface area (Å²) in [5, 5.41) is 0. The summed E-state index contributed by atoms with van der Waals surface area (Å²) in [6.07, 6.45) is 2.60.